The first-order valence-electron chi connectivity index (χ1n) is 6.65. The molecule has 1 aliphatic rings. The SMILES string of the molecule is CC1CCCC(Nc2ccc(C#N)c(F)c2)CC1. The molecular formula is C15H19FN2. The summed E-state index contributed by atoms with van der Waals surface area (Å²) in [7, 11) is 0. The number of benzene rings is 1. The number of nitriles is 1. The lowest BCUT2D eigenvalue weighted by atomic mass is 10.0. The number of rotatable bonds is 2. The molecule has 0 aromatic heterocycles. The van der Waals surface area contributed by atoms with Gasteiger partial charge in [0, 0.05) is 11.7 Å². The van der Waals surface area contributed by atoms with Crippen molar-refractivity contribution in [1.29, 1.82) is 5.26 Å². The van der Waals surface area contributed by atoms with Gasteiger partial charge in [-0.05, 0) is 43.4 Å². The fraction of sp³-hybridized carbons (Fsp3) is 0.533. The minimum Gasteiger partial charge on any atom is -0.382 e. The van der Waals surface area contributed by atoms with Gasteiger partial charge in [-0.15, -0.1) is 0 Å². The Labute approximate surface area is 108 Å². The van der Waals surface area contributed by atoms with E-state index in [4.69, 9.17) is 5.26 Å². The van der Waals surface area contributed by atoms with E-state index in [1.165, 1.54) is 31.4 Å². The summed E-state index contributed by atoms with van der Waals surface area (Å²) in [4.78, 5) is 0. The first-order valence-corrected chi connectivity index (χ1v) is 6.65. The Morgan fingerprint density at radius 3 is 2.83 bits per heavy atom. The molecule has 0 saturated heterocycles. The zero-order valence-corrected chi connectivity index (χ0v) is 10.7. The lowest BCUT2D eigenvalue weighted by Gasteiger charge is -2.18. The minimum atomic E-state index is -0.440. The van der Waals surface area contributed by atoms with Gasteiger partial charge in [0.2, 0.25) is 0 Å². The number of halogens is 1. The smallest absolute Gasteiger partial charge is 0.143 e. The second kappa shape index (κ2) is 5.86. The Hall–Kier alpha value is -1.56. The molecule has 2 rings (SSSR count). The van der Waals surface area contributed by atoms with Gasteiger partial charge in [0.15, 0.2) is 0 Å². The van der Waals surface area contributed by atoms with Crippen LogP contribution in [0.3, 0.4) is 0 Å². The molecule has 0 aliphatic heterocycles. The van der Waals surface area contributed by atoms with Crippen LogP contribution in [0.15, 0.2) is 18.2 Å². The molecule has 1 aromatic rings. The van der Waals surface area contributed by atoms with Gasteiger partial charge in [-0.3, -0.25) is 0 Å². The largest absolute Gasteiger partial charge is 0.382 e. The molecule has 96 valence electrons. The number of nitrogens with one attached hydrogen (secondary N) is 1. The third-order valence-corrected chi connectivity index (χ3v) is 3.72. The molecule has 2 atom stereocenters. The fourth-order valence-electron chi connectivity index (χ4n) is 2.56. The Kier molecular flexibility index (Phi) is 4.19. The van der Waals surface area contributed by atoms with Crippen LogP contribution in [0.1, 0.15) is 44.6 Å². The summed E-state index contributed by atoms with van der Waals surface area (Å²) in [5.41, 5.74) is 0.890. The van der Waals surface area contributed by atoms with Crippen LogP contribution in [0, 0.1) is 23.1 Å². The van der Waals surface area contributed by atoms with Crippen LogP contribution in [0.5, 0.6) is 0 Å². The molecule has 0 bridgehead atoms. The highest BCUT2D eigenvalue weighted by Crippen LogP contribution is 2.25. The fourth-order valence-corrected chi connectivity index (χ4v) is 2.56. The van der Waals surface area contributed by atoms with E-state index in [1.54, 1.807) is 6.07 Å². The van der Waals surface area contributed by atoms with Crippen LogP contribution >= 0.6 is 0 Å². The highest BCUT2D eigenvalue weighted by molar-refractivity contribution is 5.48. The van der Waals surface area contributed by atoms with Crippen molar-refractivity contribution in [3.8, 4) is 6.07 Å². The number of hydrogen-bond donors (Lipinski definition) is 1. The van der Waals surface area contributed by atoms with Crippen LogP contribution in [0.2, 0.25) is 0 Å². The summed E-state index contributed by atoms with van der Waals surface area (Å²) in [5, 5.41) is 12.1. The van der Waals surface area contributed by atoms with E-state index in [9.17, 15) is 4.39 Å². The molecule has 0 spiro atoms. The third kappa shape index (κ3) is 3.22. The summed E-state index contributed by atoms with van der Waals surface area (Å²) in [6, 6.07) is 7.02. The van der Waals surface area contributed by atoms with Gasteiger partial charge < -0.3 is 5.32 Å². The van der Waals surface area contributed by atoms with E-state index in [0.29, 0.717) is 6.04 Å². The van der Waals surface area contributed by atoms with Crippen molar-refractivity contribution < 1.29 is 4.39 Å². The predicted octanol–water partition coefficient (Wildman–Crippen LogP) is 4.08. The van der Waals surface area contributed by atoms with Crippen LogP contribution in [-0.2, 0) is 0 Å². The molecule has 2 nitrogen and oxygen atoms in total. The summed E-state index contributed by atoms with van der Waals surface area (Å²) < 4.78 is 13.5. The molecule has 1 N–H and O–H groups in total. The van der Waals surface area contributed by atoms with Crippen LogP contribution in [0.4, 0.5) is 10.1 Å². The summed E-state index contributed by atoms with van der Waals surface area (Å²) in [6.45, 7) is 2.30. The average molecular weight is 246 g/mol. The first kappa shape index (κ1) is 12.9. The molecule has 0 radical (unpaired) electrons. The summed E-state index contributed by atoms with van der Waals surface area (Å²) in [5.74, 6) is 0.360. The number of hydrogen-bond acceptors (Lipinski definition) is 2. The van der Waals surface area contributed by atoms with Crippen LogP contribution in [-0.4, -0.2) is 6.04 Å². The highest BCUT2D eigenvalue weighted by atomic mass is 19.1. The summed E-state index contributed by atoms with van der Waals surface area (Å²) in [6.07, 6.45) is 6.04. The maximum Gasteiger partial charge on any atom is 0.143 e. The Morgan fingerprint density at radius 1 is 1.28 bits per heavy atom. The number of anilines is 1. The van der Waals surface area contributed by atoms with E-state index < -0.39 is 5.82 Å². The molecule has 0 heterocycles. The van der Waals surface area contributed by atoms with Gasteiger partial charge in [0.05, 0.1) is 5.56 Å². The normalized spacial score (nSPS) is 24.1. The Morgan fingerprint density at radius 2 is 2.11 bits per heavy atom. The third-order valence-electron chi connectivity index (χ3n) is 3.72. The maximum absolute atomic E-state index is 13.5. The molecule has 1 aromatic carbocycles. The quantitative estimate of drug-likeness (QED) is 0.798. The van der Waals surface area contributed by atoms with E-state index in [-0.39, 0.29) is 5.56 Å². The molecule has 1 saturated carbocycles. The molecule has 18 heavy (non-hydrogen) atoms. The highest BCUT2D eigenvalue weighted by Gasteiger charge is 2.16. The van der Waals surface area contributed by atoms with Gasteiger partial charge in [-0.2, -0.15) is 5.26 Å². The van der Waals surface area contributed by atoms with Crippen molar-refractivity contribution in [1.82, 2.24) is 0 Å². The van der Waals surface area contributed by atoms with Crippen molar-refractivity contribution in [2.24, 2.45) is 5.92 Å². The van der Waals surface area contributed by atoms with Crippen molar-refractivity contribution >= 4 is 5.69 Å². The Bertz CT molecular complexity index is 450. The zero-order chi connectivity index (χ0) is 13.0. The van der Waals surface area contributed by atoms with Crippen molar-refractivity contribution in [3.63, 3.8) is 0 Å². The molecule has 1 aliphatic carbocycles. The van der Waals surface area contributed by atoms with E-state index >= 15 is 0 Å². The van der Waals surface area contributed by atoms with E-state index in [0.717, 1.165) is 24.4 Å². The molecule has 2 unspecified atom stereocenters. The maximum atomic E-state index is 13.5. The predicted molar refractivity (Wildman–Crippen MR) is 70.8 cm³/mol. The summed E-state index contributed by atoms with van der Waals surface area (Å²) >= 11 is 0. The second-order valence-electron chi connectivity index (χ2n) is 5.26. The zero-order valence-electron chi connectivity index (χ0n) is 10.7. The van der Waals surface area contributed by atoms with Gasteiger partial charge in [0.1, 0.15) is 11.9 Å². The van der Waals surface area contributed by atoms with Gasteiger partial charge >= 0.3 is 0 Å². The topological polar surface area (TPSA) is 35.8 Å². The lowest BCUT2D eigenvalue weighted by Crippen LogP contribution is -2.18. The first-order chi connectivity index (χ1) is 8.69. The second-order valence-corrected chi connectivity index (χ2v) is 5.26. The average Bonchev–Trinajstić information content (AvgIpc) is 2.55. The van der Waals surface area contributed by atoms with Crippen LogP contribution < -0.4 is 5.32 Å². The van der Waals surface area contributed by atoms with E-state index in [2.05, 4.69) is 12.2 Å². The molecule has 3 heteroatoms. The monoisotopic (exact) mass is 246 g/mol. The number of nitrogens with zero attached hydrogens (tertiary/aromatic N) is 1. The van der Waals surface area contributed by atoms with Crippen LogP contribution in [0.25, 0.3) is 0 Å². The Balaban J connectivity index is 2.01. The van der Waals surface area contributed by atoms with E-state index in [1.807, 2.05) is 6.07 Å². The van der Waals surface area contributed by atoms with Crippen molar-refractivity contribution in [3.05, 3.63) is 29.6 Å². The van der Waals surface area contributed by atoms with Gasteiger partial charge in [-0.1, -0.05) is 19.8 Å². The van der Waals surface area contributed by atoms with Crippen molar-refractivity contribution in [2.75, 3.05) is 5.32 Å². The molecule has 1 fully saturated rings. The molecular weight excluding hydrogens is 227 g/mol. The molecule has 0 amide bonds. The van der Waals surface area contributed by atoms with Gasteiger partial charge in [-0.25, -0.2) is 4.39 Å². The minimum absolute atomic E-state index is 0.107. The standard InChI is InChI=1S/C15H19FN2/c1-11-3-2-4-13(7-5-11)18-14-8-6-12(10-17)15(16)9-14/h6,8-9,11,13,18H,2-5,7H2,1H3. The van der Waals surface area contributed by atoms with Gasteiger partial charge in [0.25, 0.3) is 0 Å². The van der Waals surface area contributed by atoms with Crippen molar-refractivity contribution in [2.45, 2.75) is 45.1 Å². The lowest BCUT2D eigenvalue weighted by molar-refractivity contribution is 0.502.